The Balaban J connectivity index is 3.91. The Kier molecular flexibility index (Phi) is 7.46. The van der Waals surface area contributed by atoms with Gasteiger partial charge in [0.1, 0.15) is 0 Å². The maximum absolute atomic E-state index is 14.4. The number of rotatable bonds is 8. The number of hydrogen-bond acceptors (Lipinski definition) is 3. The summed E-state index contributed by atoms with van der Waals surface area (Å²) >= 11 is -5.83. The summed E-state index contributed by atoms with van der Waals surface area (Å²) in [7, 11) is -4.82. The zero-order valence-corrected chi connectivity index (χ0v) is 21.1. The first-order valence-electron chi connectivity index (χ1n) is 8.82. The first kappa shape index (κ1) is 23.6. The van der Waals surface area contributed by atoms with Crippen LogP contribution >= 0.6 is 0 Å². The van der Waals surface area contributed by atoms with Gasteiger partial charge in [-0.1, -0.05) is 0 Å². The van der Waals surface area contributed by atoms with E-state index in [-0.39, 0.29) is 0 Å². The van der Waals surface area contributed by atoms with Gasteiger partial charge >= 0.3 is 153 Å². The van der Waals surface area contributed by atoms with Crippen LogP contribution in [0.4, 0.5) is 13.2 Å². The van der Waals surface area contributed by atoms with Gasteiger partial charge < -0.3 is 0 Å². The molecule has 1 aliphatic carbocycles. The van der Waals surface area contributed by atoms with E-state index in [1.807, 2.05) is 6.08 Å². The van der Waals surface area contributed by atoms with E-state index >= 15 is 0 Å². The molecule has 0 bridgehead atoms. The molecule has 0 amide bonds. The van der Waals surface area contributed by atoms with E-state index in [1.165, 1.54) is 11.5 Å². The topological polar surface area (TPSA) is 27.7 Å². The summed E-state index contributed by atoms with van der Waals surface area (Å²) in [5.41, 5.74) is 0. The van der Waals surface area contributed by atoms with Crippen LogP contribution in [-0.4, -0.2) is 32.8 Å². The summed E-state index contributed by atoms with van der Waals surface area (Å²) < 4.78 is 62.9. The third-order valence-corrected chi connectivity index (χ3v) is 61.8. The predicted octanol–water partition coefficient (Wildman–Crippen LogP) is 5.85. The molecule has 1 aliphatic rings. The zero-order chi connectivity index (χ0) is 19.7. The molecule has 0 saturated carbocycles. The molecule has 3 nitrogen and oxygen atoms in total. The van der Waals surface area contributed by atoms with Gasteiger partial charge in [0.2, 0.25) is 0 Å². The van der Waals surface area contributed by atoms with Crippen molar-refractivity contribution in [1.82, 2.24) is 0 Å². The Labute approximate surface area is 152 Å². The van der Waals surface area contributed by atoms with Crippen molar-refractivity contribution in [1.29, 1.82) is 0 Å². The molecule has 0 N–H and O–H groups in total. The van der Waals surface area contributed by atoms with Gasteiger partial charge in [0, 0.05) is 0 Å². The average molecular weight is 505 g/mol. The fourth-order valence-corrected chi connectivity index (χ4v) is 56.8. The summed E-state index contributed by atoms with van der Waals surface area (Å²) in [4.78, 5) is 0. The summed E-state index contributed by atoms with van der Waals surface area (Å²) in [6.07, 6.45) is 4.54. The van der Waals surface area contributed by atoms with Crippen molar-refractivity contribution in [3.05, 3.63) is 21.5 Å². The van der Waals surface area contributed by atoms with Gasteiger partial charge in [-0.3, -0.25) is 0 Å². The molecule has 0 unspecified atom stereocenters. The van der Waals surface area contributed by atoms with Gasteiger partial charge in [-0.05, 0) is 0 Å². The molecule has 0 aliphatic heterocycles. The molecular formula is C17H32F3GeO3Zr. The SMILES string of the molecule is CC(C)[O][Zr]([O]C(C)C)([O]C(C)C)([C]1=CC=CC1)[Ge]([CH3])([CH3])[C](F)(F)F. The fourth-order valence-electron chi connectivity index (χ4n) is 3.45. The molecule has 0 aromatic heterocycles. The molecule has 0 aromatic rings. The van der Waals surface area contributed by atoms with Crippen LogP contribution in [-0.2, 0) is 26.0 Å². The third kappa shape index (κ3) is 4.21. The summed E-state index contributed by atoms with van der Waals surface area (Å²) in [5.74, 6) is 2.72. The summed E-state index contributed by atoms with van der Waals surface area (Å²) in [6.45, 7) is 10.6. The third-order valence-electron chi connectivity index (χ3n) is 4.46. The van der Waals surface area contributed by atoms with E-state index in [4.69, 9.17) is 8.44 Å². The predicted molar refractivity (Wildman–Crippen MR) is 94.0 cm³/mol. The minimum absolute atomic E-state index is 0.405. The second-order valence-electron chi connectivity index (χ2n) is 7.93. The van der Waals surface area contributed by atoms with Crippen LogP contribution in [0, 0.1) is 0 Å². The molecule has 0 atom stereocenters. The second-order valence-corrected chi connectivity index (χ2v) is 50.8. The van der Waals surface area contributed by atoms with Gasteiger partial charge in [0.25, 0.3) is 0 Å². The van der Waals surface area contributed by atoms with Crippen LogP contribution in [0.2, 0.25) is 11.5 Å². The van der Waals surface area contributed by atoms with Crippen LogP contribution in [0.3, 0.4) is 0 Å². The molecule has 8 heteroatoms. The standard InChI is InChI=1S/C5H5.C3H6F3Ge.3C3H7O.Zr/c1-2-4-5-3-1;1-7(2)3(4,5)6;3*1-3(2)4;/h1-3H,4H2;1-2H3;3*3H,1-2H3;/q;;3*-1;+3. The monoisotopic (exact) mass is 505 g/mol. The van der Waals surface area contributed by atoms with Crippen molar-refractivity contribution < 1.29 is 39.2 Å². The van der Waals surface area contributed by atoms with E-state index in [0.29, 0.717) is 9.70 Å². The zero-order valence-electron chi connectivity index (χ0n) is 16.5. The molecule has 0 radical (unpaired) electrons. The Bertz CT molecular complexity index is 510. The van der Waals surface area contributed by atoms with Crippen LogP contribution in [0.15, 0.2) is 21.5 Å². The van der Waals surface area contributed by atoms with E-state index in [2.05, 4.69) is 0 Å². The van der Waals surface area contributed by atoms with Crippen LogP contribution in [0.25, 0.3) is 0 Å². The molecule has 0 fully saturated rings. The van der Waals surface area contributed by atoms with Crippen LogP contribution in [0.5, 0.6) is 0 Å². The molecule has 0 heterocycles. The molecular weight excluding hydrogens is 473 g/mol. The number of alkyl halides is 3. The molecule has 147 valence electrons. The second kappa shape index (κ2) is 7.90. The van der Waals surface area contributed by atoms with Crippen molar-refractivity contribution in [2.75, 3.05) is 0 Å². The quantitative estimate of drug-likeness (QED) is 0.388. The van der Waals surface area contributed by atoms with Gasteiger partial charge in [0.05, 0.1) is 0 Å². The normalized spacial score (nSPS) is 18.2. The molecule has 25 heavy (non-hydrogen) atoms. The number of hydrogen-bond donors (Lipinski definition) is 0. The Morgan fingerprint density at radius 1 is 0.920 bits per heavy atom. The molecule has 0 spiro atoms. The summed E-state index contributed by atoms with van der Waals surface area (Å²) in [5, 5.41) is -4.35. The van der Waals surface area contributed by atoms with E-state index in [0.717, 1.165) is 0 Å². The first-order valence-corrected chi connectivity index (χ1v) is 25.7. The van der Waals surface area contributed by atoms with E-state index in [9.17, 15) is 13.2 Å². The fraction of sp³-hybridized carbons (Fsp3) is 0.765. The van der Waals surface area contributed by atoms with E-state index in [1.54, 1.807) is 53.7 Å². The van der Waals surface area contributed by atoms with Crippen molar-refractivity contribution >= 4 is 9.48 Å². The average Bonchev–Trinajstić information content (AvgIpc) is 2.88. The van der Waals surface area contributed by atoms with Crippen molar-refractivity contribution in [2.45, 2.75) is 82.8 Å². The van der Waals surface area contributed by atoms with Gasteiger partial charge in [-0.2, -0.15) is 0 Å². The van der Waals surface area contributed by atoms with Crippen molar-refractivity contribution in [3.8, 4) is 0 Å². The number of allylic oxidation sites excluding steroid dienone is 4. The van der Waals surface area contributed by atoms with E-state index < -0.39 is 50.4 Å². The number of halogens is 3. The maximum atomic E-state index is 14.4. The Hall–Kier alpha value is 0.576. The Morgan fingerprint density at radius 3 is 1.56 bits per heavy atom. The minimum atomic E-state index is -5.83. The first-order chi connectivity index (χ1) is 11.2. The van der Waals surface area contributed by atoms with Gasteiger partial charge in [-0.25, -0.2) is 0 Å². The van der Waals surface area contributed by atoms with Crippen molar-refractivity contribution in [2.24, 2.45) is 0 Å². The molecule has 0 aromatic carbocycles. The summed E-state index contributed by atoms with van der Waals surface area (Å²) in [6, 6.07) is 0. The van der Waals surface area contributed by atoms with Gasteiger partial charge in [-0.15, -0.1) is 0 Å². The Morgan fingerprint density at radius 2 is 1.32 bits per heavy atom. The van der Waals surface area contributed by atoms with Crippen LogP contribution < -0.4 is 0 Å². The van der Waals surface area contributed by atoms with Gasteiger partial charge in [0.15, 0.2) is 0 Å². The van der Waals surface area contributed by atoms with Crippen LogP contribution in [0.1, 0.15) is 48.0 Å². The molecule has 0 saturated heterocycles. The van der Waals surface area contributed by atoms with Crippen molar-refractivity contribution in [3.63, 3.8) is 0 Å². The molecule has 1 rings (SSSR count).